The van der Waals surface area contributed by atoms with Gasteiger partial charge in [0.25, 0.3) is 0 Å². The van der Waals surface area contributed by atoms with Crippen molar-refractivity contribution in [2.45, 2.75) is 18.9 Å². The first kappa shape index (κ1) is 12.0. The van der Waals surface area contributed by atoms with Gasteiger partial charge >= 0.3 is 5.97 Å². The van der Waals surface area contributed by atoms with E-state index in [1.165, 1.54) is 4.90 Å². The number of carbonyl (C=O) groups is 3. The standard InChI is InChI=1S/C10H12N2O4/c1-2-3-8(13)12-5-4-11-10(16)7(12)6-9(14)15/h1,7H,3-6H2,(H,11,16)(H,14,15). The fraction of sp³-hybridized carbons (Fsp3) is 0.500. The van der Waals surface area contributed by atoms with Gasteiger partial charge in [-0.25, -0.2) is 0 Å². The molecule has 0 aliphatic carbocycles. The summed E-state index contributed by atoms with van der Waals surface area (Å²) in [6.07, 6.45) is 4.48. The summed E-state index contributed by atoms with van der Waals surface area (Å²) in [4.78, 5) is 34.8. The van der Waals surface area contributed by atoms with E-state index in [-0.39, 0.29) is 12.3 Å². The highest BCUT2D eigenvalue weighted by Gasteiger charge is 2.34. The number of hydrogen-bond acceptors (Lipinski definition) is 3. The van der Waals surface area contributed by atoms with E-state index in [1.807, 2.05) is 0 Å². The number of rotatable bonds is 3. The zero-order chi connectivity index (χ0) is 12.1. The Labute approximate surface area is 92.6 Å². The van der Waals surface area contributed by atoms with Crippen molar-refractivity contribution in [3.8, 4) is 12.3 Å². The van der Waals surface area contributed by atoms with Gasteiger partial charge in [-0.2, -0.15) is 0 Å². The Kier molecular flexibility index (Phi) is 3.89. The van der Waals surface area contributed by atoms with Crippen molar-refractivity contribution in [2.75, 3.05) is 13.1 Å². The average Bonchev–Trinajstić information content (AvgIpc) is 2.20. The lowest BCUT2D eigenvalue weighted by Crippen LogP contribution is -2.57. The number of amides is 2. The fourth-order valence-electron chi connectivity index (χ4n) is 1.57. The van der Waals surface area contributed by atoms with E-state index in [0.717, 1.165) is 0 Å². The third-order valence-corrected chi connectivity index (χ3v) is 2.27. The van der Waals surface area contributed by atoms with Crippen LogP contribution in [0.5, 0.6) is 0 Å². The highest BCUT2D eigenvalue weighted by atomic mass is 16.4. The van der Waals surface area contributed by atoms with Gasteiger partial charge in [-0.3, -0.25) is 14.4 Å². The zero-order valence-electron chi connectivity index (χ0n) is 8.60. The third kappa shape index (κ3) is 2.73. The minimum absolute atomic E-state index is 0.122. The van der Waals surface area contributed by atoms with Gasteiger partial charge in [0.2, 0.25) is 11.8 Å². The topological polar surface area (TPSA) is 86.7 Å². The smallest absolute Gasteiger partial charge is 0.305 e. The van der Waals surface area contributed by atoms with Gasteiger partial charge in [-0.1, -0.05) is 5.92 Å². The van der Waals surface area contributed by atoms with Crippen LogP contribution in [0.3, 0.4) is 0 Å². The van der Waals surface area contributed by atoms with Crippen LogP contribution in [0.4, 0.5) is 0 Å². The lowest BCUT2D eigenvalue weighted by Gasteiger charge is -2.33. The number of carboxylic acid groups (broad SMARTS) is 1. The molecular weight excluding hydrogens is 212 g/mol. The molecular formula is C10H12N2O4. The van der Waals surface area contributed by atoms with Crippen LogP contribution in [0.1, 0.15) is 12.8 Å². The van der Waals surface area contributed by atoms with E-state index in [4.69, 9.17) is 11.5 Å². The van der Waals surface area contributed by atoms with Gasteiger partial charge in [0.1, 0.15) is 6.04 Å². The molecule has 1 fully saturated rings. The number of nitrogens with one attached hydrogen (secondary N) is 1. The van der Waals surface area contributed by atoms with E-state index in [1.54, 1.807) is 0 Å². The summed E-state index contributed by atoms with van der Waals surface area (Å²) in [5.41, 5.74) is 0. The van der Waals surface area contributed by atoms with Crippen molar-refractivity contribution in [1.82, 2.24) is 10.2 Å². The second kappa shape index (κ2) is 5.16. The van der Waals surface area contributed by atoms with E-state index in [9.17, 15) is 14.4 Å². The SMILES string of the molecule is C#CCC(=O)N1CCNC(=O)C1CC(=O)O. The van der Waals surface area contributed by atoms with Crippen LogP contribution < -0.4 is 5.32 Å². The molecule has 1 atom stereocenters. The highest BCUT2D eigenvalue weighted by molar-refractivity contribution is 5.92. The van der Waals surface area contributed by atoms with Crippen LogP contribution >= 0.6 is 0 Å². The number of carboxylic acids is 1. The van der Waals surface area contributed by atoms with E-state index < -0.39 is 24.3 Å². The molecule has 86 valence electrons. The van der Waals surface area contributed by atoms with Crippen molar-refractivity contribution < 1.29 is 19.5 Å². The molecule has 0 radical (unpaired) electrons. The summed E-state index contributed by atoms with van der Waals surface area (Å²) < 4.78 is 0. The van der Waals surface area contributed by atoms with Crippen LogP contribution in [-0.2, 0) is 14.4 Å². The molecule has 6 nitrogen and oxygen atoms in total. The van der Waals surface area contributed by atoms with Gasteiger partial charge < -0.3 is 15.3 Å². The number of nitrogens with zero attached hydrogens (tertiary/aromatic N) is 1. The second-order valence-electron chi connectivity index (χ2n) is 3.37. The monoisotopic (exact) mass is 224 g/mol. The van der Waals surface area contributed by atoms with E-state index in [0.29, 0.717) is 13.1 Å². The summed E-state index contributed by atoms with van der Waals surface area (Å²) in [7, 11) is 0. The summed E-state index contributed by atoms with van der Waals surface area (Å²) in [5, 5.41) is 11.2. The Morgan fingerprint density at radius 3 is 2.88 bits per heavy atom. The third-order valence-electron chi connectivity index (χ3n) is 2.27. The first-order chi connectivity index (χ1) is 7.56. The summed E-state index contributed by atoms with van der Waals surface area (Å²) in [5.74, 6) is 0.228. The lowest BCUT2D eigenvalue weighted by molar-refractivity contribution is -0.148. The Hall–Kier alpha value is -2.03. The number of piperazine rings is 1. The summed E-state index contributed by atoms with van der Waals surface area (Å²) >= 11 is 0. The Balaban J connectivity index is 2.78. The molecule has 16 heavy (non-hydrogen) atoms. The van der Waals surface area contributed by atoms with Crippen LogP contribution in [-0.4, -0.2) is 46.9 Å². The first-order valence-electron chi connectivity index (χ1n) is 4.78. The number of aliphatic carboxylic acids is 1. The molecule has 2 N–H and O–H groups in total. The minimum atomic E-state index is -1.12. The fourth-order valence-corrected chi connectivity index (χ4v) is 1.57. The van der Waals surface area contributed by atoms with Gasteiger partial charge in [-0.15, -0.1) is 6.42 Å². The van der Waals surface area contributed by atoms with Crippen LogP contribution in [0.2, 0.25) is 0 Å². The molecule has 1 aliphatic rings. The maximum atomic E-state index is 11.5. The molecule has 0 aromatic heterocycles. The maximum Gasteiger partial charge on any atom is 0.305 e. The number of carbonyl (C=O) groups excluding carboxylic acids is 2. The second-order valence-corrected chi connectivity index (χ2v) is 3.37. The molecule has 1 heterocycles. The van der Waals surface area contributed by atoms with Crippen molar-refractivity contribution in [2.24, 2.45) is 0 Å². The predicted octanol–water partition coefficient (Wildman–Crippen LogP) is -1.19. The maximum absolute atomic E-state index is 11.5. The van der Waals surface area contributed by atoms with Gasteiger partial charge in [0, 0.05) is 13.1 Å². The van der Waals surface area contributed by atoms with E-state index >= 15 is 0 Å². The number of hydrogen-bond donors (Lipinski definition) is 2. The quantitative estimate of drug-likeness (QED) is 0.590. The van der Waals surface area contributed by atoms with Crippen molar-refractivity contribution in [3.05, 3.63) is 0 Å². The minimum Gasteiger partial charge on any atom is -0.481 e. The summed E-state index contributed by atoms with van der Waals surface area (Å²) in [6, 6.07) is -0.952. The van der Waals surface area contributed by atoms with Crippen LogP contribution in [0.15, 0.2) is 0 Å². The Morgan fingerprint density at radius 1 is 1.62 bits per heavy atom. The van der Waals surface area contributed by atoms with Crippen LogP contribution in [0, 0.1) is 12.3 Å². The molecule has 1 rings (SSSR count). The molecule has 0 aromatic carbocycles. The summed E-state index contributed by atoms with van der Waals surface area (Å²) in [6.45, 7) is 0.620. The molecule has 6 heteroatoms. The Morgan fingerprint density at radius 2 is 2.31 bits per heavy atom. The molecule has 1 unspecified atom stereocenters. The van der Waals surface area contributed by atoms with Crippen LogP contribution in [0.25, 0.3) is 0 Å². The molecule has 2 amide bonds. The number of terminal acetylenes is 1. The predicted molar refractivity (Wildman–Crippen MR) is 54.2 cm³/mol. The molecule has 1 saturated heterocycles. The zero-order valence-corrected chi connectivity index (χ0v) is 8.60. The van der Waals surface area contributed by atoms with Crippen molar-refractivity contribution >= 4 is 17.8 Å². The van der Waals surface area contributed by atoms with Crippen molar-refractivity contribution in [3.63, 3.8) is 0 Å². The van der Waals surface area contributed by atoms with Gasteiger partial charge in [0.15, 0.2) is 0 Å². The molecule has 0 aromatic rings. The first-order valence-corrected chi connectivity index (χ1v) is 4.78. The van der Waals surface area contributed by atoms with Gasteiger partial charge in [0.05, 0.1) is 12.8 Å². The van der Waals surface area contributed by atoms with Gasteiger partial charge in [-0.05, 0) is 0 Å². The normalized spacial score (nSPS) is 19.8. The largest absolute Gasteiger partial charge is 0.481 e. The molecule has 0 bridgehead atoms. The molecule has 0 spiro atoms. The highest BCUT2D eigenvalue weighted by Crippen LogP contribution is 2.10. The Bertz CT molecular complexity index is 358. The average molecular weight is 224 g/mol. The van der Waals surface area contributed by atoms with E-state index in [2.05, 4.69) is 11.2 Å². The molecule has 0 saturated carbocycles. The lowest BCUT2D eigenvalue weighted by atomic mass is 10.1. The van der Waals surface area contributed by atoms with Crippen molar-refractivity contribution in [1.29, 1.82) is 0 Å². The molecule has 1 aliphatic heterocycles.